The molecule has 1 aromatic carbocycles. The van der Waals surface area contributed by atoms with E-state index in [4.69, 9.17) is 11.6 Å². The molecule has 1 saturated carbocycles. The summed E-state index contributed by atoms with van der Waals surface area (Å²) < 4.78 is 26.2. The van der Waals surface area contributed by atoms with E-state index in [1.807, 2.05) is 0 Å². The lowest BCUT2D eigenvalue weighted by molar-refractivity contribution is 0.134. The van der Waals surface area contributed by atoms with E-state index in [1.54, 1.807) is 12.1 Å². The van der Waals surface area contributed by atoms with Crippen molar-refractivity contribution < 1.29 is 13.5 Å². The van der Waals surface area contributed by atoms with Gasteiger partial charge in [0.15, 0.2) is 0 Å². The Morgan fingerprint density at radius 3 is 2.67 bits per heavy atom. The number of hydrogen-bond acceptors (Lipinski definition) is 3. The number of halogens is 1. The van der Waals surface area contributed by atoms with Crippen LogP contribution in [-0.4, -0.2) is 37.0 Å². The van der Waals surface area contributed by atoms with E-state index >= 15 is 0 Å². The van der Waals surface area contributed by atoms with Crippen LogP contribution in [0, 0.1) is 5.41 Å². The molecule has 0 aromatic heterocycles. The van der Waals surface area contributed by atoms with E-state index in [0.717, 1.165) is 12.8 Å². The molecule has 1 aliphatic heterocycles. The van der Waals surface area contributed by atoms with E-state index < -0.39 is 16.1 Å². The maximum absolute atomic E-state index is 12.4. The number of hydrogen-bond donors (Lipinski definition) is 1. The highest BCUT2D eigenvalue weighted by Gasteiger charge is 2.56. The fourth-order valence-corrected chi connectivity index (χ4v) is 4.36. The van der Waals surface area contributed by atoms with Gasteiger partial charge in [0.2, 0.25) is 10.0 Å². The molecule has 1 aromatic rings. The summed E-state index contributed by atoms with van der Waals surface area (Å²) >= 11 is 5.82. The molecule has 6 heteroatoms. The third-order valence-electron chi connectivity index (χ3n) is 3.90. The van der Waals surface area contributed by atoms with Gasteiger partial charge in [0.05, 0.1) is 11.0 Å². The van der Waals surface area contributed by atoms with Gasteiger partial charge < -0.3 is 5.11 Å². The fourth-order valence-electron chi connectivity index (χ4n) is 2.52. The summed E-state index contributed by atoms with van der Waals surface area (Å²) in [6.45, 7) is 0.609. The zero-order chi connectivity index (χ0) is 13.0. The average Bonchev–Trinajstić information content (AvgIpc) is 3.01. The maximum Gasteiger partial charge on any atom is 0.243 e. The minimum absolute atomic E-state index is 0.175. The number of aliphatic hydroxyl groups is 1. The fraction of sp³-hybridized carbons (Fsp3) is 0.500. The predicted octanol–water partition coefficient (Wildman–Crippen LogP) is 1.49. The molecule has 1 heterocycles. The summed E-state index contributed by atoms with van der Waals surface area (Å²) in [7, 11) is -3.54. The summed E-state index contributed by atoms with van der Waals surface area (Å²) in [4.78, 5) is 0.194. The Morgan fingerprint density at radius 1 is 1.39 bits per heavy atom. The van der Waals surface area contributed by atoms with Gasteiger partial charge in [0.25, 0.3) is 0 Å². The highest BCUT2D eigenvalue weighted by molar-refractivity contribution is 7.89. The van der Waals surface area contributed by atoms with Crippen LogP contribution in [0.4, 0.5) is 0 Å². The van der Waals surface area contributed by atoms with Gasteiger partial charge in [-0.3, -0.25) is 0 Å². The van der Waals surface area contributed by atoms with Crippen molar-refractivity contribution >= 4 is 21.6 Å². The van der Waals surface area contributed by atoms with Gasteiger partial charge in [-0.2, -0.15) is 4.31 Å². The van der Waals surface area contributed by atoms with Gasteiger partial charge in [-0.05, 0) is 31.0 Å². The number of sulfonamides is 1. The van der Waals surface area contributed by atoms with Crippen LogP contribution in [0.15, 0.2) is 29.2 Å². The Labute approximate surface area is 111 Å². The van der Waals surface area contributed by atoms with E-state index in [0.29, 0.717) is 11.6 Å². The van der Waals surface area contributed by atoms with E-state index in [2.05, 4.69) is 0 Å². The van der Waals surface area contributed by atoms with Crippen molar-refractivity contribution in [2.75, 3.05) is 13.1 Å². The lowest BCUT2D eigenvalue weighted by atomic mass is 10.0. The highest BCUT2D eigenvalue weighted by Crippen LogP contribution is 2.53. The molecular weight excluding hydrogens is 274 g/mol. The van der Waals surface area contributed by atoms with Crippen LogP contribution in [0.3, 0.4) is 0 Å². The molecule has 1 aliphatic carbocycles. The molecule has 0 amide bonds. The zero-order valence-corrected chi connectivity index (χ0v) is 11.3. The summed E-state index contributed by atoms with van der Waals surface area (Å²) in [5, 5.41) is 10.3. The van der Waals surface area contributed by atoms with Crippen LogP contribution in [0.25, 0.3) is 0 Å². The molecule has 3 rings (SSSR count). The minimum atomic E-state index is -3.54. The molecule has 1 N–H and O–H groups in total. The molecule has 1 atom stereocenters. The Hall–Kier alpha value is -0.620. The third-order valence-corrected chi connectivity index (χ3v) is 5.94. The third kappa shape index (κ3) is 1.86. The van der Waals surface area contributed by atoms with Crippen LogP contribution in [0.5, 0.6) is 0 Å². The number of rotatable bonds is 2. The Kier molecular flexibility index (Phi) is 2.71. The van der Waals surface area contributed by atoms with Crippen molar-refractivity contribution in [3.8, 4) is 0 Å². The van der Waals surface area contributed by atoms with Crippen molar-refractivity contribution in [2.45, 2.75) is 23.8 Å². The first-order chi connectivity index (χ1) is 8.44. The van der Waals surface area contributed by atoms with Gasteiger partial charge in [0, 0.05) is 23.5 Å². The first-order valence-electron chi connectivity index (χ1n) is 5.88. The largest absolute Gasteiger partial charge is 0.391 e. The van der Waals surface area contributed by atoms with Crippen LogP contribution in [0.1, 0.15) is 12.8 Å². The molecule has 18 heavy (non-hydrogen) atoms. The molecule has 4 nitrogen and oxygen atoms in total. The van der Waals surface area contributed by atoms with Gasteiger partial charge in [-0.25, -0.2) is 8.42 Å². The van der Waals surface area contributed by atoms with Crippen LogP contribution in [0.2, 0.25) is 5.02 Å². The zero-order valence-electron chi connectivity index (χ0n) is 9.71. The molecule has 1 unspecified atom stereocenters. The summed E-state index contributed by atoms with van der Waals surface area (Å²) in [6.07, 6.45) is 1.29. The molecular formula is C12H14ClNO3S. The quantitative estimate of drug-likeness (QED) is 0.896. The van der Waals surface area contributed by atoms with Gasteiger partial charge in [0.1, 0.15) is 0 Å². The summed E-state index contributed by atoms with van der Waals surface area (Å²) in [5.41, 5.74) is -0.175. The van der Waals surface area contributed by atoms with E-state index in [-0.39, 0.29) is 16.9 Å². The number of benzene rings is 1. The number of nitrogens with zero attached hydrogens (tertiary/aromatic N) is 1. The van der Waals surface area contributed by atoms with Crippen LogP contribution < -0.4 is 0 Å². The molecule has 2 aliphatic rings. The Balaban J connectivity index is 1.92. The smallest absolute Gasteiger partial charge is 0.243 e. The number of β-amino-alcohol motifs (C(OH)–C–C–N with tert-alkyl or cyclic N) is 1. The Bertz CT molecular complexity index is 583. The SMILES string of the molecule is O=S(=O)(c1cccc(Cl)c1)N1CC(O)C2(CC2)C1. The average molecular weight is 288 g/mol. The number of aliphatic hydroxyl groups excluding tert-OH is 1. The van der Waals surface area contributed by atoms with Crippen LogP contribution in [-0.2, 0) is 10.0 Å². The minimum Gasteiger partial charge on any atom is -0.391 e. The van der Waals surface area contributed by atoms with Crippen molar-refractivity contribution in [2.24, 2.45) is 5.41 Å². The van der Waals surface area contributed by atoms with Gasteiger partial charge in [-0.15, -0.1) is 0 Å². The second-order valence-corrected chi connectivity index (χ2v) is 7.51. The molecule has 0 bridgehead atoms. The standard InChI is InChI=1S/C12H14ClNO3S/c13-9-2-1-3-10(6-9)18(16,17)14-7-11(15)12(8-14)4-5-12/h1-3,6,11,15H,4-5,7-8H2. The predicted molar refractivity (Wildman–Crippen MR) is 67.9 cm³/mol. The summed E-state index contributed by atoms with van der Waals surface area (Å²) in [5.74, 6) is 0. The topological polar surface area (TPSA) is 57.6 Å². The lowest BCUT2D eigenvalue weighted by Crippen LogP contribution is -2.29. The maximum atomic E-state index is 12.4. The molecule has 98 valence electrons. The lowest BCUT2D eigenvalue weighted by Gasteiger charge is -2.16. The molecule has 1 spiro atoms. The van der Waals surface area contributed by atoms with Crippen molar-refractivity contribution in [1.29, 1.82) is 0 Å². The first kappa shape index (κ1) is 12.4. The van der Waals surface area contributed by atoms with E-state index in [9.17, 15) is 13.5 Å². The first-order valence-corrected chi connectivity index (χ1v) is 7.70. The molecule has 0 radical (unpaired) electrons. The van der Waals surface area contributed by atoms with Gasteiger partial charge >= 0.3 is 0 Å². The molecule has 2 fully saturated rings. The summed E-state index contributed by atoms with van der Waals surface area (Å²) in [6, 6.07) is 6.24. The second kappa shape index (κ2) is 3.93. The monoisotopic (exact) mass is 287 g/mol. The van der Waals surface area contributed by atoms with E-state index in [1.165, 1.54) is 16.4 Å². The van der Waals surface area contributed by atoms with Crippen LogP contribution >= 0.6 is 11.6 Å². The normalized spacial score (nSPS) is 26.7. The van der Waals surface area contributed by atoms with Crippen molar-refractivity contribution in [3.63, 3.8) is 0 Å². The Morgan fingerprint density at radius 2 is 2.11 bits per heavy atom. The molecule has 1 saturated heterocycles. The second-order valence-electron chi connectivity index (χ2n) is 5.13. The van der Waals surface area contributed by atoms with Crippen molar-refractivity contribution in [1.82, 2.24) is 4.31 Å². The van der Waals surface area contributed by atoms with Gasteiger partial charge in [-0.1, -0.05) is 17.7 Å². The van der Waals surface area contributed by atoms with Crippen molar-refractivity contribution in [3.05, 3.63) is 29.3 Å². The highest BCUT2D eigenvalue weighted by atomic mass is 35.5.